The van der Waals surface area contributed by atoms with E-state index in [2.05, 4.69) is 25.4 Å². The topological polar surface area (TPSA) is 155 Å². The van der Waals surface area contributed by atoms with Crippen LogP contribution in [0.15, 0.2) is 66.1 Å². The number of hydrogen-bond acceptors (Lipinski definition) is 8. The first-order chi connectivity index (χ1) is 20.0. The Balaban J connectivity index is 1.24. The van der Waals surface area contributed by atoms with Crippen molar-refractivity contribution >= 4 is 23.4 Å². The molecule has 0 radical (unpaired) electrons. The molecule has 1 saturated heterocycles. The van der Waals surface area contributed by atoms with Gasteiger partial charge in [0.2, 0.25) is 5.91 Å². The number of fused-ring (bicyclic) bond motifs is 5. The first-order valence-corrected chi connectivity index (χ1v) is 13.4. The fourth-order valence-electron chi connectivity index (χ4n) is 5.36. The van der Waals surface area contributed by atoms with E-state index >= 15 is 0 Å². The number of nitrogens with zero attached hydrogens (tertiary/aromatic N) is 6. The number of rotatable bonds is 2. The van der Waals surface area contributed by atoms with Crippen molar-refractivity contribution in [3.63, 3.8) is 0 Å². The van der Waals surface area contributed by atoms with E-state index in [9.17, 15) is 19.2 Å². The monoisotopic (exact) mass is 556 g/mol. The standard InChI is InChI=1S/C28H28N8O5/c37-25-13-30-23(12-31-25)28(40)34-8-2-10-41-20-4-1-3-18(11-20)21-15-35(16-22(21)26(38)29-7-9-34)27(39)19-5-6-24-32-17-33-36(24)14-19/h1,3-6,11-14,17,21-22H,2,7-10,15-16H2,(H,29,38)(H,31,37)/t21-,22+/m1/s1. The minimum atomic E-state index is -0.503. The predicted octanol–water partition coefficient (Wildman–Crippen LogP) is 0.710. The van der Waals surface area contributed by atoms with Crippen molar-refractivity contribution in [3.8, 4) is 5.75 Å². The van der Waals surface area contributed by atoms with Gasteiger partial charge in [-0.05, 0) is 36.2 Å². The number of amides is 3. The summed E-state index contributed by atoms with van der Waals surface area (Å²) in [5, 5.41) is 7.10. The Kier molecular flexibility index (Phi) is 7.15. The number of aromatic nitrogens is 5. The zero-order valence-electron chi connectivity index (χ0n) is 22.1. The third kappa shape index (κ3) is 5.51. The molecule has 1 fully saturated rings. The van der Waals surface area contributed by atoms with E-state index < -0.39 is 11.5 Å². The number of ether oxygens (including phenoxy) is 1. The van der Waals surface area contributed by atoms with Crippen molar-refractivity contribution in [2.75, 3.05) is 39.3 Å². The van der Waals surface area contributed by atoms with Gasteiger partial charge in [-0.1, -0.05) is 12.1 Å². The maximum atomic E-state index is 13.5. The Labute approximate surface area is 234 Å². The highest BCUT2D eigenvalue weighted by Gasteiger charge is 2.41. The Bertz CT molecular complexity index is 1650. The van der Waals surface area contributed by atoms with E-state index in [1.54, 1.807) is 32.6 Å². The van der Waals surface area contributed by atoms with Crippen LogP contribution in [0.1, 0.15) is 38.7 Å². The number of aromatic amines is 1. The van der Waals surface area contributed by atoms with Gasteiger partial charge in [0.15, 0.2) is 5.65 Å². The van der Waals surface area contributed by atoms with Crippen molar-refractivity contribution in [1.82, 2.24) is 39.7 Å². The van der Waals surface area contributed by atoms with Crippen LogP contribution in [0.2, 0.25) is 0 Å². The van der Waals surface area contributed by atoms with Crippen molar-refractivity contribution in [1.29, 1.82) is 0 Å². The van der Waals surface area contributed by atoms with Crippen LogP contribution in [0.4, 0.5) is 0 Å². The molecule has 2 atom stereocenters. The Hall–Kier alpha value is -5.07. The first kappa shape index (κ1) is 26.2. The zero-order chi connectivity index (χ0) is 28.3. The van der Waals surface area contributed by atoms with Gasteiger partial charge in [0.05, 0.1) is 24.3 Å². The maximum absolute atomic E-state index is 13.5. The molecule has 4 aromatic rings. The molecule has 2 N–H and O–H groups in total. The lowest BCUT2D eigenvalue weighted by atomic mass is 9.88. The normalized spacial score (nSPS) is 19.7. The zero-order valence-corrected chi connectivity index (χ0v) is 22.1. The molecule has 13 nitrogen and oxygen atoms in total. The molecule has 0 unspecified atom stereocenters. The molecule has 2 aliphatic heterocycles. The average molecular weight is 557 g/mol. The molecular weight excluding hydrogens is 528 g/mol. The maximum Gasteiger partial charge on any atom is 0.274 e. The minimum Gasteiger partial charge on any atom is -0.494 e. The summed E-state index contributed by atoms with van der Waals surface area (Å²) >= 11 is 0. The average Bonchev–Trinajstić information content (AvgIpc) is 3.65. The Morgan fingerprint density at radius 1 is 0.976 bits per heavy atom. The van der Waals surface area contributed by atoms with Crippen molar-refractivity contribution in [2.24, 2.45) is 5.92 Å². The molecule has 0 saturated carbocycles. The van der Waals surface area contributed by atoms with Gasteiger partial charge in [0, 0.05) is 51.0 Å². The quantitative estimate of drug-likeness (QED) is 0.366. The number of hydrogen-bond donors (Lipinski definition) is 2. The lowest BCUT2D eigenvalue weighted by Gasteiger charge is -2.24. The smallest absolute Gasteiger partial charge is 0.274 e. The van der Waals surface area contributed by atoms with E-state index in [0.29, 0.717) is 43.1 Å². The Morgan fingerprint density at radius 2 is 1.85 bits per heavy atom. The van der Waals surface area contributed by atoms with Crippen LogP contribution < -0.4 is 15.6 Å². The number of nitrogens with one attached hydrogen (secondary N) is 2. The number of carbonyl (C=O) groups excluding carboxylic acids is 3. The summed E-state index contributed by atoms with van der Waals surface area (Å²) < 4.78 is 7.54. The summed E-state index contributed by atoms with van der Waals surface area (Å²) in [6.07, 6.45) is 5.96. The van der Waals surface area contributed by atoms with E-state index in [0.717, 1.165) is 11.8 Å². The van der Waals surface area contributed by atoms with Gasteiger partial charge in [-0.25, -0.2) is 14.5 Å². The molecule has 13 heteroatoms. The Morgan fingerprint density at radius 3 is 2.71 bits per heavy atom. The molecule has 0 spiro atoms. The van der Waals surface area contributed by atoms with Gasteiger partial charge in [-0.3, -0.25) is 19.2 Å². The number of likely N-dealkylation sites (tertiary alicyclic amines) is 1. The lowest BCUT2D eigenvalue weighted by molar-refractivity contribution is -0.125. The van der Waals surface area contributed by atoms with Gasteiger partial charge in [0.25, 0.3) is 17.4 Å². The SMILES string of the molecule is O=C1NCCN(C(=O)c2c[nH]c(=O)cn2)CCCOc2cccc(c2)[C@H]2CN(C(=O)c3ccc4ncnn4c3)C[C@H]12. The molecule has 2 bridgehead atoms. The highest BCUT2D eigenvalue weighted by atomic mass is 16.5. The number of benzene rings is 1. The summed E-state index contributed by atoms with van der Waals surface area (Å²) in [4.78, 5) is 65.3. The molecule has 41 heavy (non-hydrogen) atoms. The van der Waals surface area contributed by atoms with Crippen LogP contribution in [-0.4, -0.2) is 91.4 Å². The van der Waals surface area contributed by atoms with Crippen molar-refractivity contribution in [3.05, 3.63) is 88.5 Å². The van der Waals surface area contributed by atoms with Gasteiger partial charge in [-0.15, -0.1) is 0 Å². The molecule has 0 aliphatic carbocycles. The molecule has 210 valence electrons. The van der Waals surface area contributed by atoms with Crippen LogP contribution in [0.5, 0.6) is 5.75 Å². The highest BCUT2D eigenvalue weighted by Crippen LogP contribution is 2.35. The number of H-pyrrole nitrogens is 1. The molecule has 1 aromatic carbocycles. The third-order valence-corrected chi connectivity index (χ3v) is 7.45. The summed E-state index contributed by atoms with van der Waals surface area (Å²) in [5.74, 6) is -0.848. The molecule has 6 rings (SSSR count). The summed E-state index contributed by atoms with van der Waals surface area (Å²) in [6.45, 7) is 1.81. The van der Waals surface area contributed by atoms with Crippen molar-refractivity contribution in [2.45, 2.75) is 12.3 Å². The predicted molar refractivity (Wildman–Crippen MR) is 145 cm³/mol. The highest BCUT2D eigenvalue weighted by molar-refractivity contribution is 5.95. The van der Waals surface area contributed by atoms with Gasteiger partial charge in [-0.2, -0.15) is 5.10 Å². The van der Waals surface area contributed by atoms with Crippen LogP contribution in [-0.2, 0) is 4.79 Å². The number of carbonyl (C=O) groups is 3. The van der Waals surface area contributed by atoms with E-state index in [1.165, 1.54) is 12.5 Å². The van der Waals surface area contributed by atoms with Crippen molar-refractivity contribution < 1.29 is 19.1 Å². The van der Waals surface area contributed by atoms with Crippen LogP contribution >= 0.6 is 0 Å². The number of pyridine rings is 1. The molecule has 5 heterocycles. The van der Waals surface area contributed by atoms with Gasteiger partial charge >= 0.3 is 0 Å². The second-order valence-corrected chi connectivity index (χ2v) is 10.1. The lowest BCUT2D eigenvalue weighted by Crippen LogP contribution is -2.42. The van der Waals surface area contributed by atoms with Gasteiger partial charge in [0.1, 0.15) is 17.8 Å². The summed E-state index contributed by atoms with van der Waals surface area (Å²) in [7, 11) is 0. The fraction of sp³-hybridized carbons (Fsp3) is 0.321. The van der Waals surface area contributed by atoms with Crippen LogP contribution in [0.3, 0.4) is 0 Å². The largest absolute Gasteiger partial charge is 0.494 e. The van der Waals surface area contributed by atoms with E-state index in [1.807, 2.05) is 24.3 Å². The molecule has 2 aliphatic rings. The summed E-state index contributed by atoms with van der Waals surface area (Å²) in [6, 6.07) is 11.0. The molecular formula is C28H28N8O5. The van der Waals surface area contributed by atoms with E-state index in [-0.39, 0.29) is 49.0 Å². The van der Waals surface area contributed by atoms with Crippen LogP contribution in [0.25, 0.3) is 5.65 Å². The fourth-order valence-corrected chi connectivity index (χ4v) is 5.36. The second-order valence-electron chi connectivity index (χ2n) is 10.1. The summed E-state index contributed by atoms with van der Waals surface area (Å²) in [5.41, 5.74) is 1.72. The van der Waals surface area contributed by atoms with E-state index in [4.69, 9.17) is 4.74 Å². The van der Waals surface area contributed by atoms with Crippen LogP contribution in [0, 0.1) is 5.92 Å². The molecule has 3 amide bonds. The molecule has 3 aromatic heterocycles. The third-order valence-electron chi connectivity index (χ3n) is 7.45. The minimum absolute atomic E-state index is 0.111. The first-order valence-electron chi connectivity index (χ1n) is 13.4. The second kappa shape index (κ2) is 11.2. The van der Waals surface area contributed by atoms with Gasteiger partial charge < -0.3 is 24.8 Å².